The van der Waals surface area contributed by atoms with Crippen molar-refractivity contribution in [3.05, 3.63) is 57.5 Å². The number of aromatic nitrogens is 2. The molecular weight excluding hydrogens is 302 g/mol. The van der Waals surface area contributed by atoms with Crippen molar-refractivity contribution in [2.75, 3.05) is 24.6 Å². The van der Waals surface area contributed by atoms with Gasteiger partial charge in [0.1, 0.15) is 10.6 Å². The maximum Gasteiger partial charge on any atom is 0.287 e. The standard InChI is InChI=1S/C16H18ClN3O2/c1-16(12-6-4-3-5-7-12)11-20(8-9-22-16)13-10-18-19(2)15(21)14(13)17/h3-7,10H,8-9,11H2,1-2H3. The second-order valence-corrected chi connectivity index (χ2v) is 6.02. The van der Waals surface area contributed by atoms with Gasteiger partial charge in [-0.05, 0) is 12.5 Å². The molecular formula is C16H18ClN3O2. The molecule has 6 heteroatoms. The first-order valence-electron chi connectivity index (χ1n) is 7.17. The number of hydrogen-bond donors (Lipinski definition) is 0. The molecule has 0 amide bonds. The lowest BCUT2D eigenvalue weighted by atomic mass is 9.93. The monoisotopic (exact) mass is 319 g/mol. The summed E-state index contributed by atoms with van der Waals surface area (Å²) in [6.45, 7) is 3.91. The molecule has 2 aromatic rings. The van der Waals surface area contributed by atoms with Gasteiger partial charge in [-0.3, -0.25) is 4.79 Å². The van der Waals surface area contributed by atoms with Gasteiger partial charge in [0.2, 0.25) is 0 Å². The largest absolute Gasteiger partial charge is 0.367 e. The zero-order valence-electron chi connectivity index (χ0n) is 12.6. The Morgan fingerprint density at radius 2 is 2.05 bits per heavy atom. The van der Waals surface area contributed by atoms with Crippen LogP contribution in [0.15, 0.2) is 41.3 Å². The van der Waals surface area contributed by atoms with E-state index >= 15 is 0 Å². The number of morpholine rings is 1. The van der Waals surface area contributed by atoms with Gasteiger partial charge in [0.05, 0.1) is 25.0 Å². The van der Waals surface area contributed by atoms with E-state index in [1.54, 1.807) is 13.2 Å². The Balaban J connectivity index is 1.94. The van der Waals surface area contributed by atoms with Crippen molar-refractivity contribution >= 4 is 17.3 Å². The van der Waals surface area contributed by atoms with E-state index in [0.717, 1.165) is 5.56 Å². The van der Waals surface area contributed by atoms with Crippen LogP contribution in [0, 0.1) is 0 Å². The van der Waals surface area contributed by atoms with E-state index < -0.39 is 5.60 Å². The van der Waals surface area contributed by atoms with E-state index in [4.69, 9.17) is 16.3 Å². The first-order chi connectivity index (χ1) is 10.5. The van der Waals surface area contributed by atoms with Crippen LogP contribution in [-0.4, -0.2) is 29.5 Å². The summed E-state index contributed by atoms with van der Waals surface area (Å²) in [5.41, 5.74) is 1.04. The minimum atomic E-state index is -0.441. The fourth-order valence-corrected chi connectivity index (χ4v) is 3.05. The predicted octanol–water partition coefficient (Wildman–Crippen LogP) is 2.19. The highest BCUT2D eigenvalue weighted by Gasteiger charge is 2.34. The van der Waals surface area contributed by atoms with E-state index in [0.29, 0.717) is 25.4 Å². The lowest BCUT2D eigenvalue weighted by Gasteiger charge is -2.42. The number of rotatable bonds is 2. The maximum atomic E-state index is 12.0. The van der Waals surface area contributed by atoms with Crippen LogP contribution in [0.25, 0.3) is 0 Å². The summed E-state index contributed by atoms with van der Waals surface area (Å²) < 4.78 is 7.25. The van der Waals surface area contributed by atoms with E-state index in [2.05, 4.69) is 16.9 Å². The molecule has 2 heterocycles. The lowest BCUT2D eigenvalue weighted by Crippen LogP contribution is -2.48. The average molecular weight is 320 g/mol. The van der Waals surface area contributed by atoms with Crippen molar-refractivity contribution in [1.82, 2.24) is 9.78 Å². The molecule has 1 aromatic carbocycles. The highest BCUT2D eigenvalue weighted by Crippen LogP contribution is 2.33. The second-order valence-electron chi connectivity index (χ2n) is 5.64. The Morgan fingerprint density at radius 1 is 1.32 bits per heavy atom. The van der Waals surface area contributed by atoms with E-state index in [-0.39, 0.29) is 10.6 Å². The molecule has 5 nitrogen and oxygen atoms in total. The summed E-state index contributed by atoms with van der Waals surface area (Å²) in [5, 5.41) is 4.28. The van der Waals surface area contributed by atoms with Crippen LogP contribution in [0.4, 0.5) is 5.69 Å². The van der Waals surface area contributed by atoms with Crippen LogP contribution >= 0.6 is 11.6 Å². The summed E-state index contributed by atoms with van der Waals surface area (Å²) in [6.07, 6.45) is 1.64. The van der Waals surface area contributed by atoms with Gasteiger partial charge in [-0.25, -0.2) is 4.68 Å². The summed E-state index contributed by atoms with van der Waals surface area (Å²) in [4.78, 5) is 14.0. The molecule has 0 aliphatic carbocycles. The molecule has 3 rings (SSSR count). The van der Waals surface area contributed by atoms with Crippen LogP contribution < -0.4 is 10.5 Å². The maximum absolute atomic E-state index is 12.0. The van der Waals surface area contributed by atoms with Gasteiger partial charge < -0.3 is 9.64 Å². The van der Waals surface area contributed by atoms with Crippen molar-refractivity contribution in [3.63, 3.8) is 0 Å². The highest BCUT2D eigenvalue weighted by molar-refractivity contribution is 6.33. The molecule has 1 atom stereocenters. The van der Waals surface area contributed by atoms with Crippen molar-refractivity contribution < 1.29 is 4.74 Å². The SMILES string of the molecule is Cn1ncc(N2CCOC(C)(c3ccccc3)C2)c(Cl)c1=O. The van der Waals surface area contributed by atoms with Crippen molar-refractivity contribution in [2.45, 2.75) is 12.5 Å². The van der Waals surface area contributed by atoms with E-state index in [1.165, 1.54) is 4.68 Å². The number of aryl methyl sites for hydroxylation is 1. The van der Waals surface area contributed by atoms with E-state index in [1.807, 2.05) is 30.3 Å². The highest BCUT2D eigenvalue weighted by atomic mass is 35.5. The number of anilines is 1. The normalized spacial score (nSPS) is 21.9. The topological polar surface area (TPSA) is 47.4 Å². The zero-order valence-corrected chi connectivity index (χ0v) is 13.4. The molecule has 0 saturated carbocycles. The molecule has 22 heavy (non-hydrogen) atoms. The minimum Gasteiger partial charge on any atom is -0.367 e. The molecule has 1 saturated heterocycles. The Labute approximate surface area is 134 Å². The molecule has 0 bridgehead atoms. The summed E-state index contributed by atoms with van der Waals surface area (Å²) >= 11 is 6.22. The average Bonchev–Trinajstić information content (AvgIpc) is 2.54. The third-order valence-electron chi connectivity index (χ3n) is 4.06. The Bertz CT molecular complexity index is 732. The van der Waals surface area contributed by atoms with Gasteiger partial charge in [0, 0.05) is 13.6 Å². The van der Waals surface area contributed by atoms with Gasteiger partial charge in [-0.2, -0.15) is 5.10 Å². The molecule has 1 aliphatic heterocycles. The number of hydrogen-bond acceptors (Lipinski definition) is 4. The minimum absolute atomic E-state index is 0.204. The predicted molar refractivity (Wildman–Crippen MR) is 86.4 cm³/mol. The van der Waals surface area contributed by atoms with Gasteiger partial charge in [-0.1, -0.05) is 41.9 Å². The third-order valence-corrected chi connectivity index (χ3v) is 4.41. The second kappa shape index (κ2) is 5.74. The van der Waals surface area contributed by atoms with Crippen LogP contribution in [0.1, 0.15) is 12.5 Å². The van der Waals surface area contributed by atoms with Gasteiger partial charge in [0.15, 0.2) is 0 Å². The van der Waals surface area contributed by atoms with Crippen LogP contribution in [0.5, 0.6) is 0 Å². The van der Waals surface area contributed by atoms with Gasteiger partial charge in [-0.15, -0.1) is 0 Å². The molecule has 116 valence electrons. The van der Waals surface area contributed by atoms with Crippen LogP contribution in [0.2, 0.25) is 5.02 Å². The first-order valence-corrected chi connectivity index (χ1v) is 7.55. The Kier molecular flexibility index (Phi) is 3.93. The molecule has 1 aliphatic rings. The fraction of sp³-hybridized carbons (Fsp3) is 0.375. The number of benzene rings is 1. The molecule has 1 unspecified atom stereocenters. The van der Waals surface area contributed by atoms with Crippen LogP contribution in [-0.2, 0) is 17.4 Å². The Hall–Kier alpha value is -1.85. The number of halogens is 1. The molecule has 1 aromatic heterocycles. The first kappa shape index (κ1) is 15.1. The van der Waals surface area contributed by atoms with Crippen molar-refractivity contribution in [1.29, 1.82) is 0 Å². The van der Waals surface area contributed by atoms with Crippen LogP contribution in [0.3, 0.4) is 0 Å². The zero-order chi connectivity index (χ0) is 15.7. The molecule has 0 spiro atoms. The molecule has 0 radical (unpaired) electrons. The van der Waals surface area contributed by atoms with Gasteiger partial charge in [0.25, 0.3) is 5.56 Å². The lowest BCUT2D eigenvalue weighted by molar-refractivity contribution is -0.0466. The molecule has 1 fully saturated rings. The van der Waals surface area contributed by atoms with Gasteiger partial charge >= 0.3 is 0 Å². The van der Waals surface area contributed by atoms with Crippen molar-refractivity contribution in [2.24, 2.45) is 7.05 Å². The summed E-state index contributed by atoms with van der Waals surface area (Å²) in [7, 11) is 1.59. The quantitative estimate of drug-likeness (QED) is 0.851. The summed E-state index contributed by atoms with van der Waals surface area (Å²) in [6, 6.07) is 10.1. The number of nitrogens with zero attached hydrogens (tertiary/aromatic N) is 3. The number of ether oxygens (including phenoxy) is 1. The summed E-state index contributed by atoms with van der Waals surface area (Å²) in [5.74, 6) is 0. The third kappa shape index (κ3) is 2.62. The Morgan fingerprint density at radius 3 is 2.77 bits per heavy atom. The van der Waals surface area contributed by atoms with E-state index in [9.17, 15) is 4.79 Å². The molecule has 0 N–H and O–H groups in total. The fourth-order valence-electron chi connectivity index (χ4n) is 2.76. The smallest absolute Gasteiger partial charge is 0.287 e. The van der Waals surface area contributed by atoms with Crippen molar-refractivity contribution in [3.8, 4) is 0 Å².